The Labute approximate surface area is 710 Å². The van der Waals surface area contributed by atoms with Gasteiger partial charge in [0.05, 0.1) is 35.2 Å². The van der Waals surface area contributed by atoms with Gasteiger partial charge in [0, 0.05) is 126 Å². The van der Waals surface area contributed by atoms with Gasteiger partial charge >= 0.3 is 0 Å². The lowest BCUT2D eigenvalue weighted by atomic mass is 9.94. The second-order valence-electron chi connectivity index (χ2n) is 27.5. The van der Waals surface area contributed by atoms with Gasteiger partial charge < -0.3 is 0 Å². The molecule has 20 aromatic rings. The fourth-order valence-electron chi connectivity index (χ4n) is 14.3. The van der Waals surface area contributed by atoms with Gasteiger partial charge in [-0.2, -0.15) is 71.2 Å². The van der Waals surface area contributed by atoms with E-state index < -0.39 is 0 Å². The summed E-state index contributed by atoms with van der Waals surface area (Å²) in [5.74, 6) is 0. The Kier molecular flexibility index (Phi) is 25.4. The lowest BCUT2D eigenvalue weighted by molar-refractivity contribution is 0.665. The summed E-state index contributed by atoms with van der Waals surface area (Å²) in [4.78, 5) is 14.9. The third-order valence-electron chi connectivity index (χ3n) is 19.6. The van der Waals surface area contributed by atoms with Gasteiger partial charge in [0.2, 0.25) is 0 Å². The quantitative estimate of drug-likeness (QED) is 0.114. The van der Waals surface area contributed by atoms with Crippen LogP contribution in [0, 0.1) is 27.7 Å². The number of aryl methyl sites for hydroxylation is 7. The summed E-state index contributed by atoms with van der Waals surface area (Å²) >= 11 is 10.9. The third kappa shape index (κ3) is 16.6. The number of hydrogen-bond acceptors (Lipinski definition) is 19. The van der Waals surface area contributed by atoms with Crippen molar-refractivity contribution in [2.75, 3.05) is 0 Å². The van der Waals surface area contributed by atoms with E-state index >= 15 is 0 Å². The van der Waals surface area contributed by atoms with Gasteiger partial charge in [0.25, 0.3) is 0 Å². The Balaban J connectivity index is 0.000000135. The molecule has 0 fully saturated rings. The highest BCUT2D eigenvalue weighted by molar-refractivity contribution is 7.17. The molecule has 0 N–H and O–H groups in total. The highest BCUT2D eigenvalue weighted by atomic mass is 32.1. The summed E-state index contributed by atoms with van der Waals surface area (Å²) in [6.45, 7) is 16.6. The maximum atomic E-state index is 4.75. The lowest BCUT2D eigenvalue weighted by Crippen LogP contribution is -1.91. The molecule has 22 heteroatoms. The molecule has 0 radical (unpaired) electrons. The second-order valence-corrected chi connectivity index (χ2v) is 33.8. The highest BCUT2D eigenvalue weighted by Crippen LogP contribution is 2.46. The van der Waals surface area contributed by atoms with Crippen LogP contribution in [0.3, 0.4) is 0 Å². The molecule has 0 aliphatic carbocycles. The number of hydrogen-bond donors (Lipinski definition) is 0. The fraction of sp³-hybridized carbons (Fsp3) is 0.158. The molecule has 20 rings (SSSR count). The maximum Gasteiger partial charge on any atom is 0.122 e. The van der Waals surface area contributed by atoms with Crippen molar-refractivity contribution < 1.29 is 0 Å². The van der Waals surface area contributed by atoms with E-state index in [1.807, 2.05) is 61.0 Å². The molecule has 10 heterocycles. The topological polar surface area (TPSA) is 169 Å². The number of rotatable bonds is 12. The molecule has 0 aliphatic heterocycles. The van der Waals surface area contributed by atoms with E-state index in [1.54, 1.807) is 59.7 Å². The van der Waals surface area contributed by atoms with E-state index in [2.05, 4.69) is 292 Å². The minimum absolute atomic E-state index is 0. The van der Waals surface area contributed by atoms with Crippen molar-refractivity contribution in [3.63, 3.8) is 0 Å². The van der Waals surface area contributed by atoms with Crippen LogP contribution >= 0.6 is 80.5 Å². The molecule has 586 valence electrons. The van der Waals surface area contributed by atoms with Gasteiger partial charge in [-0.3, -0.25) is 0 Å². The normalized spacial score (nSPS) is 11.5. The van der Waals surface area contributed by atoms with Gasteiger partial charge in [-0.25, -0.2) is 0 Å². The molecule has 15 nitrogen and oxygen atoms in total. The monoisotopic (exact) mass is 1660 g/mol. The summed E-state index contributed by atoms with van der Waals surface area (Å²) in [6, 6.07) is 68.9. The highest BCUT2D eigenvalue weighted by Gasteiger charge is 2.24. The molecular formula is C95H89N15S7. The number of fused-ring (bicyclic) bond motifs is 12. The largest absolute Gasteiger partial charge is 0.187 e. The van der Waals surface area contributed by atoms with Gasteiger partial charge in [0.15, 0.2) is 0 Å². The van der Waals surface area contributed by atoms with Crippen molar-refractivity contribution in [2.45, 2.75) is 85.1 Å². The van der Waals surface area contributed by atoms with Crippen LogP contribution in [0.25, 0.3) is 198 Å². The van der Waals surface area contributed by atoms with E-state index in [0.717, 1.165) is 155 Å². The van der Waals surface area contributed by atoms with E-state index in [0.29, 0.717) is 0 Å². The van der Waals surface area contributed by atoms with Gasteiger partial charge in [0.1, 0.15) is 66.2 Å². The predicted molar refractivity (Wildman–Crippen MR) is 510 cm³/mol. The smallest absolute Gasteiger partial charge is 0.122 e. The van der Waals surface area contributed by atoms with Crippen LogP contribution in [0.4, 0.5) is 0 Å². The predicted octanol–water partition coefficient (Wildman–Crippen LogP) is 28.4. The average Bonchev–Trinajstić information content (AvgIpc) is 1.64. The summed E-state index contributed by atoms with van der Waals surface area (Å²) in [5.41, 5.74) is 29.5. The van der Waals surface area contributed by atoms with E-state index in [9.17, 15) is 0 Å². The van der Waals surface area contributed by atoms with Crippen molar-refractivity contribution in [3.05, 3.63) is 260 Å². The summed E-state index contributed by atoms with van der Waals surface area (Å²) < 4.78 is 28.1. The molecule has 0 unspecified atom stereocenters. The maximum absolute atomic E-state index is 4.75. The van der Waals surface area contributed by atoms with Crippen LogP contribution in [0.1, 0.15) is 99.2 Å². The Morgan fingerprint density at radius 3 is 0.897 bits per heavy atom. The molecule has 0 amide bonds. The minimum Gasteiger partial charge on any atom is -0.187 e. The number of aromatic nitrogens is 15. The molecular weight excluding hydrogens is 1580 g/mol. The molecule has 0 spiro atoms. The molecule has 10 aromatic carbocycles. The van der Waals surface area contributed by atoms with Gasteiger partial charge in [-0.1, -0.05) is 199 Å². The molecule has 10 aromatic heterocycles. The van der Waals surface area contributed by atoms with E-state index in [-0.39, 0.29) is 29.7 Å². The van der Waals surface area contributed by atoms with E-state index in [4.69, 9.17) is 23.3 Å². The number of thiophene rings is 4. The Morgan fingerprint density at radius 1 is 0.248 bits per heavy atom. The van der Waals surface area contributed by atoms with Crippen LogP contribution in [-0.2, 0) is 21.1 Å². The molecule has 0 bridgehead atoms. The SMILES string of the molecule is C.C.C.C.C/C=C/c1ccc(-c2cc3c(cc(-c4ccc(C)cc4)c4nsnc43)c3nsnc23)cc1.C/C=C/c1ccc(-c2cc3c(cc(-c4ccc(C)s4)c4nn(C)nc43)c3nsnc23)s1.C/C=C/c1ccc(-c2ccc(-c3ccc(C)cc3)c3nn(C)nc23)cc1.C/C=C/c1ccc(-c2ccc(-c3ccc(C)s3)c3nn(C)nc23)s1. The van der Waals surface area contributed by atoms with Crippen molar-refractivity contribution in [2.24, 2.45) is 21.1 Å². The number of nitrogens with zero attached hydrogens (tertiary/aromatic N) is 15. The third-order valence-corrected chi connectivity index (χ3v) is 25.4. The minimum atomic E-state index is 0. The van der Waals surface area contributed by atoms with Gasteiger partial charge in [-0.05, 0) is 174 Å². The first-order valence-electron chi connectivity index (χ1n) is 36.8. The van der Waals surface area contributed by atoms with Crippen LogP contribution in [-0.4, -0.2) is 71.2 Å². The van der Waals surface area contributed by atoms with Crippen molar-refractivity contribution in [1.29, 1.82) is 0 Å². The lowest BCUT2D eigenvalue weighted by Gasteiger charge is -2.10. The zero-order valence-electron chi connectivity index (χ0n) is 63.7. The first-order valence-corrected chi connectivity index (χ1v) is 42.3. The molecule has 0 atom stereocenters. The molecule has 0 aliphatic rings. The summed E-state index contributed by atoms with van der Waals surface area (Å²) in [5, 5.41) is 32.3. The fourth-order valence-corrected chi connectivity index (χ4v) is 19.8. The van der Waals surface area contributed by atoms with E-state index in [1.165, 1.54) is 96.5 Å². The first-order chi connectivity index (χ1) is 55.1. The van der Waals surface area contributed by atoms with Crippen LogP contribution < -0.4 is 0 Å². The van der Waals surface area contributed by atoms with Crippen LogP contribution in [0.15, 0.2) is 218 Å². The first kappa shape index (κ1) is 83.1. The molecule has 0 saturated heterocycles. The van der Waals surface area contributed by atoms with Gasteiger partial charge in [-0.15, -0.1) is 45.3 Å². The Hall–Kier alpha value is -11.9. The second kappa shape index (κ2) is 35.7. The average molecular weight is 1670 g/mol. The molecule has 117 heavy (non-hydrogen) atoms. The van der Waals surface area contributed by atoms with Crippen molar-refractivity contribution >= 4 is 193 Å². The summed E-state index contributed by atoms with van der Waals surface area (Å²) in [7, 11) is 5.63. The zero-order valence-corrected chi connectivity index (χ0v) is 69.4. The Bertz CT molecular complexity index is 7070. The summed E-state index contributed by atoms with van der Waals surface area (Å²) in [6.07, 6.45) is 16.7. The van der Waals surface area contributed by atoms with Crippen molar-refractivity contribution in [1.82, 2.24) is 71.2 Å². The van der Waals surface area contributed by atoms with Crippen LogP contribution in [0.2, 0.25) is 0 Å². The Morgan fingerprint density at radius 2 is 0.521 bits per heavy atom. The zero-order chi connectivity index (χ0) is 77.5. The molecule has 0 saturated carbocycles. The van der Waals surface area contributed by atoms with Crippen molar-refractivity contribution in [3.8, 4) is 86.3 Å². The standard InChI is InChI=1S/C26H18N4S2.C23H17N5S3.C23H21N3.C19H17N3S2.4CH4/c1-3-4-16-7-11-18(12-8-16)20-14-22-21(26-24(20)28-32-30-26)13-19(23-25(22)29-31-27-23)17-9-5-15(2)6-10-17;1-4-5-13-7-9-19(30-13)17-10-14-15(22-23(17)27-31-26-22)11-16(18-8-6-12(2)29-18)21-20(14)24-28(3)25-21;1-4-5-17-8-12-19(13-9-17)21-15-14-20(18-10-6-16(2)7-11-18)22-23(21)25-26(3)24-22;1-4-5-13-7-11-17(24-13)15-9-8-14(16-10-6-12(2)23-16)18-19(15)21-22(3)20-18;;;;/h3-14H,1-2H3;4-11H,1-3H3;4-15H,1-3H3;4-11H,1-3H3;4*1H4/b4-3+;3*5-4+;;;;. The number of allylic oxidation sites excluding steroid dienone is 4. The number of benzene rings is 10. The van der Waals surface area contributed by atoms with Crippen LogP contribution in [0.5, 0.6) is 0 Å².